The molecule has 0 aliphatic carbocycles. The maximum absolute atomic E-state index is 11.2. The van der Waals surface area contributed by atoms with Crippen molar-refractivity contribution >= 4 is 23.5 Å². The summed E-state index contributed by atoms with van der Waals surface area (Å²) in [5.74, 6) is 2.37. The molecule has 0 radical (unpaired) electrons. The van der Waals surface area contributed by atoms with E-state index in [0.717, 1.165) is 5.56 Å². The first-order chi connectivity index (χ1) is 14.9. The van der Waals surface area contributed by atoms with Crippen molar-refractivity contribution < 1.29 is 14.3 Å². The van der Waals surface area contributed by atoms with Gasteiger partial charge in [-0.05, 0) is 60.9 Å². The number of rotatable bonds is 8. The number of allylic oxidation sites excluding steroid dienone is 1. The lowest BCUT2D eigenvalue weighted by Gasteiger charge is -2.10. The van der Waals surface area contributed by atoms with Crippen LogP contribution in [0.15, 0.2) is 66.9 Å². The maximum atomic E-state index is 11.2. The summed E-state index contributed by atoms with van der Waals surface area (Å²) in [6, 6.07) is 17.6. The second kappa shape index (κ2) is 10.4. The van der Waals surface area contributed by atoms with E-state index in [1.807, 2.05) is 25.1 Å². The van der Waals surface area contributed by atoms with E-state index < -0.39 is 0 Å². The molecule has 0 N–H and O–H groups in total. The van der Waals surface area contributed by atoms with E-state index in [0.29, 0.717) is 40.1 Å². The molecule has 2 aromatic carbocycles. The summed E-state index contributed by atoms with van der Waals surface area (Å²) in [5.41, 5.74) is 1.48. The van der Waals surface area contributed by atoms with E-state index >= 15 is 0 Å². The highest BCUT2D eigenvalue weighted by Crippen LogP contribution is 2.33. The standard InChI is InChI=1S/C25H21ClN2O3/c1-17(13-18(2)29)3-4-20-7-12-25(28-16-20)31-24-11-10-22(14-23(24)26)30-21-8-5-19(15-27)6-9-21/h3-12,14,16-17H,13H2,1-2H3/b4-3+/t17-/m0/s1. The van der Waals surface area contributed by atoms with Crippen LogP contribution in [0.3, 0.4) is 0 Å². The van der Waals surface area contributed by atoms with Gasteiger partial charge in [0.2, 0.25) is 5.88 Å². The van der Waals surface area contributed by atoms with Gasteiger partial charge in [-0.15, -0.1) is 0 Å². The van der Waals surface area contributed by atoms with E-state index in [-0.39, 0.29) is 11.7 Å². The Hall–Kier alpha value is -3.62. The number of nitriles is 1. The van der Waals surface area contributed by atoms with E-state index in [1.165, 1.54) is 0 Å². The molecule has 3 aromatic rings. The van der Waals surface area contributed by atoms with Crippen LogP contribution in [0.1, 0.15) is 31.4 Å². The lowest BCUT2D eigenvalue weighted by molar-refractivity contribution is -0.117. The fourth-order valence-corrected chi connectivity index (χ4v) is 3.03. The van der Waals surface area contributed by atoms with Crippen molar-refractivity contribution in [2.45, 2.75) is 20.3 Å². The van der Waals surface area contributed by atoms with Crippen molar-refractivity contribution in [2.24, 2.45) is 5.92 Å². The van der Waals surface area contributed by atoms with Gasteiger partial charge < -0.3 is 14.3 Å². The van der Waals surface area contributed by atoms with Crippen LogP contribution in [0, 0.1) is 17.2 Å². The van der Waals surface area contributed by atoms with Gasteiger partial charge in [0.05, 0.1) is 16.7 Å². The predicted molar refractivity (Wildman–Crippen MR) is 120 cm³/mol. The molecule has 3 rings (SSSR count). The summed E-state index contributed by atoms with van der Waals surface area (Å²) in [7, 11) is 0. The first-order valence-corrected chi connectivity index (χ1v) is 10.1. The van der Waals surface area contributed by atoms with E-state index in [4.69, 9.17) is 26.3 Å². The summed E-state index contributed by atoms with van der Waals surface area (Å²) in [4.78, 5) is 15.5. The lowest BCUT2D eigenvalue weighted by Crippen LogP contribution is -1.97. The predicted octanol–water partition coefficient (Wildman–Crippen LogP) is 6.82. The number of ether oxygens (including phenoxy) is 2. The summed E-state index contributed by atoms with van der Waals surface area (Å²) in [5, 5.41) is 9.24. The molecule has 0 saturated carbocycles. The fraction of sp³-hybridized carbons (Fsp3) is 0.160. The molecular formula is C25H21ClN2O3. The lowest BCUT2D eigenvalue weighted by atomic mass is 10.0. The molecule has 31 heavy (non-hydrogen) atoms. The molecule has 5 nitrogen and oxygen atoms in total. The number of pyridine rings is 1. The molecule has 0 aliphatic rings. The molecule has 0 bridgehead atoms. The zero-order valence-corrected chi connectivity index (χ0v) is 18.0. The monoisotopic (exact) mass is 432 g/mol. The van der Waals surface area contributed by atoms with Gasteiger partial charge in [-0.2, -0.15) is 5.26 Å². The normalized spacial score (nSPS) is 11.7. The second-order valence-electron chi connectivity index (χ2n) is 7.10. The van der Waals surface area contributed by atoms with Crippen LogP contribution in [-0.2, 0) is 4.79 Å². The zero-order chi connectivity index (χ0) is 22.2. The van der Waals surface area contributed by atoms with Crippen LogP contribution in [-0.4, -0.2) is 10.8 Å². The molecule has 1 aromatic heterocycles. The smallest absolute Gasteiger partial charge is 0.219 e. The average molecular weight is 433 g/mol. The number of aromatic nitrogens is 1. The minimum atomic E-state index is 0.171. The van der Waals surface area contributed by atoms with E-state index in [2.05, 4.69) is 11.1 Å². The Labute approximate surface area is 186 Å². The highest BCUT2D eigenvalue weighted by atomic mass is 35.5. The number of halogens is 1. The van der Waals surface area contributed by atoms with Crippen LogP contribution in [0.25, 0.3) is 6.08 Å². The Bertz CT molecular complexity index is 1120. The van der Waals surface area contributed by atoms with Crippen LogP contribution in [0.4, 0.5) is 0 Å². The highest BCUT2D eigenvalue weighted by molar-refractivity contribution is 6.32. The van der Waals surface area contributed by atoms with Gasteiger partial charge in [0.25, 0.3) is 0 Å². The third-order valence-corrected chi connectivity index (χ3v) is 4.62. The molecule has 1 atom stereocenters. The number of carbonyl (C=O) groups excluding carboxylic acids is 1. The largest absolute Gasteiger partial charge is 0.457 e. The molecule has 0 amide bonds. The van der Waals surface area contributed by atoms with Crippen molar-refractivity contribution in [1.29, 1.82) is 5.26 Å². The van der Waals surface area contributed by atoms with Gasteiger partial charge in [-0.1, -0.05) is 30.7 Å². The number of hydrogen-bond acceptors (Lipinski definition) is 5. The molecule has 0 unspecified atom stereocenters. The number of benzene rings is 2. The van der Waals surface area contributed by atoms with Crippen LogP contribution in [0.2, 0.25) is 5.02 Å². The summed E-state index contributed by atoms with van der Waals surface area (Å²) >= 11 is 6.34. The summed E-state index contributed by atoms with van der Waals surface area (Å²) in [6.07, 6.45) is 6.15. The Morgan fingerprint density at radius 3 is 2.48 bits per heavy atom. The SMILES string of the molecule is CC(=O)C[C@@H](C)/C=C/c1ccc(Oc2ccc(Oc3ccc(C#N)cc3)cc2Cl)nc1. The third-order valence-electron chi connectivity index (χ3n) is 4.32. The third kappa shape index (κ3) is 6.70. The van der Waals surface area contributed by atoms with E-state index in [9.17, 15) is 4.79 Å². The molecule has 6 heteroatoms. The van der Waals surface area contributed by atoms with Crippen molar-refractivity contribution in [2.75, 3.05) is 0 Å². The summed E-state index contributed by atoms with van der Waals surface area (Å²) in [6.45, 7) is 3.59. The molecule has 1 heterocycles. The van der Waals surface area contributed by atoms with Crippen molar-refractivity contribution in [1.82, 2.24) is 4.98 Å². The first kappa shape index (κ1) is 22.1. The van der Waals surface area contributed by atoms with Crippen LogP contribution < -0.4 is 9.47 Å². The maximum Gasteiger partial charge on any atom is 0.219 e. The number of hydrogen-bond donors (Lipinski definition) is 0. The topological polar surface area (TPSA) is 72.2 Å². The Kier molecular flexibility index (Phi) is 7.42. The van der Waals surface area contributed by atoms with Gasteiger partial charge in [0.15, 0.2) is 0 Å². The summed E-state index contributed by atoms with van der Waals surface area (Å²) < 4.78 is 11.5. The quantitative estimate of drug-likeness (QED) is 0.390. The average Bonchev–Trinajstić information content (AvgIpc) is 2.75. The molecular weight excluding hydrogens is 412 g/mol. The molecule has 0 saturated heterocycles. The Balaban J connectivity index is 1.62. The van der Waals surface area contributed by atoms with Crippen molar-refractivity contribution in [3.63, 3.8) is 0 Å². The van der Waals surface area contributed by atoms with Crippen LogP contribution >= 0.6 is 11.6 Å². The fourth-order valence-electron chi connectivity index (χ4n) is 2.82. The van der Waals surface area contributed by atoms with Gasteiger partial charge in [0, 0.05) is 24.8 Å². The zero-order valence-electron chi connectivity index (χ0n) is 17.2. The molecule has 156 valence electrons. The number of nitrogens with zero attached hydrogens (tertiary/aromatic N) is 2. The Morgan fingerprint density at radius 2 is 1.87 bits per heavy atom. The first-order valence-electron chi connectivity index (χ1n) is 9.72. The number of ketones is 1. The van der Waals surface area contributed by atoms with Gasteiger partial charge in [-0.25, -0.2) is 4.98 Å². The minimum absolute atomic E-state index is 0.171. The van der Waals surface area contributed by atoms with Crippen LogP contribution in [0.5, 0.6) is 23.1 Å². The number of Topliss-reactive ketones (excluding diaryl/α,β-unsaturated/α-hetero) is 1. The van der Waals surface area contributed by atoms with E-state index in [1.54, 1.807) is 61.7 Å². The molecule has 0 fully saturated rings. The highest BCUT2D eigenvalue weighted by Gasteiger charge is 2.08. The number of carbonyl (C=O) groups is 1. The van der Waals surface area contributed by atoms with Gasteiger partial charge in [-0.3, -0.25) is 0 Å². The molecule has 0 aliphatic heterocycles. The van der Waals surface area contributed by atoms with Gasteiger partial charge >= 0.3 is 0 Å². The van der Waals surface area contributed by atoms with Crippen molar-refractivity contribution in [3.05, 3.63) is 83.0 Å². The minimum Gasteiger partial charge on any atom is -0.457 e. The van der Waals surface area contributed by atoms with Crippen molar-refractivity contribution in [3.8, 4) is 29.2 Å². The Morgan fingerprint density at radius 1 is 1.13 bits per heavy atom. The molecule has 0 spiro atoms. The second-order valence-corrected chi connectivity index (χ2v) is 7.51. The van der Waals surface area contributed by atoms with Gasteiger partial charge in [0.1, 0.15) is 23.0 Å².